The van der Waals surface area contributed by atoms with Crippen LogP contribution in [-0.2, 0) is 14.8 Å². The van der Waals surface area contributed by atoms with Crippen LogP contribution < -0.4 is 25.0 Å². The maximum atomic E-state index is 15.2. The molecule has 3 aromatic rings. The lowest BCUT2D eigenvalue weighted by molar-refractivity contribution is -0.138. The summed E-state index contributed by atoms with van der Waals surface area (Å²) in [5.41, 5.74) is 0.247. The molecule has 0 radical (unpaired) electrons. The molecule has 4 rings (SSSR count). The van der Waals surface area contributed by atoms with Crippen molar-refractivity contribution in [2.24, 2.45) is 0 Å². The molecule has 1 fully saturated rings. The lowest BCUT2D eigenvalue weighted by Crippen LogP contribution is -2.48. The van der Waals surface area contributed by atoms with Crippen molar-refractivity contribution in [3.8, 4) is 5.75 Å². The number of hydrogen-bond donors (Lipinski definition) is 4. The number of halogens is 1. The molecule has 2 aromatic carbocycles. The summed E-state index contributed by atoms with van der Waals surface area (Å²) in [5, 5.41) is 15.1. The monoisotopic (exact) mass is 572 g/mol. The Morgan fingerprint density at radius 2 is 1.88 bits per heavy atom. The van der Waals surface area contributed by atoms with Gasteiger partial charge in [0.1, 0.15) is 23.8 Å². The zero-order valence-corrected chi connectivity index (χ0v) is 22.4. The minimum Gasteiger partial charge on any atom is -0.497 e. The molecule has 1 amide bonds. The first-order chi connectivity index (χ1) is 19.2. The molecular weight excluding hydrogens is 543 g/mol. The Balaban J connectivity index is 1.41. The number of nitrogens with one attached hydrogen (secondary N) is 3. The number of piperidine rings is 1. The molecule has 0 bridgehead atoms. The van der Waals surface area contributed by atoms with Crippen LogP contribution in [0.5, 0.6) is 5.75 Å². The van der Waals surface area contributed by atoms with Crippen molar-refractivity contribution in [3.05, 3.63) is 72.3 Å². The van der Waals surface area contributed by atoms with Gasteiger partial charge in [-0.15, -0.1) is 0 Å². The SMILES string of the molecule is COc1ccc(S(=O)(=O)N[C@@H](CNC(=O)c2ccc(N3CCCCC3Nc3ncccn3)c(F)c2)C(=O)O)cc1. The number of hydrogen-bond acceptors (Lipinski definition) is 9. The smallest absolute Gasteiger partial charge is 0.323 e. The molecule has 212 valence electrons. The Kier molecular flexibility index (Phi) is 9.11. The summed E-state index contributed by atoms with van der Waals surface area (Å²) in [6.45, 7) is 0.0176. The Hall–Kier alpha value is -4.30. The van der Waals surface area contributed by atoms with Crippen LogP contribution in [0, 0.1) is 5.82 Å². The first kappa shape index (κ1) is 28.7. The fourth-order valence-electron chi connectivity index (χ4n) is 4.26. The predicted octanol–water partition coefficient (Wildman–Crippen LogP) is 2.21. The van der Waals surface area contributed by atoms with Gasteiger partial charge in [0.2, 0.25) is 16.0 Å². The summed E-state index contributed by atoms with van der Waals surface area (Å²) in [7, 11) is -2.79. The largest absolute Gasteiger partial charge is 0.497 e. The van der Waals surface area contributed by atoms with E-state index in [-0.39, 0.29) is 16.6 Å². The van der Waals surface area contributed by atoms with E-state index in [1.165, 1.54) is 43.5 Å². The minimum atomic E-state index is -4.21. The van der Waals surface area contributed by atoms with Crippen LogP contribution in [0.3, 0.4) is 0 Å². The first-order valence-electron chi connectivity index (χ1n) is 12.4. The second-order valence-corrected chi connectivity index (χ2v) is 10.7. The number of carboxylic acid groups (broad SMARTS) is 1. The van der Waals surface area contributed by atoms with Crippen LogP contribution >= 0.6 is 0 Å². The molecule has 0 saturated carbocycles. The van der Waals surface area contributed by atoms with Gasteiger partial charge in [0.25, 0.3) is 5.91 Å². The van der Waals surface area contributed by atoms with Crippen LogP contribution in [0.2, 0.25) is 0 Å². The van der Waals surface area contributed by atoms with E-state index in [4.69, 9.17) is 4.74 Å². The summed E-state index contributed by atoms with van der Waals surface area (Å²) in [6, 6.07) is 9.36. The molecule has 1 unspecified atom stereocenters. The van der Waals surface area contributed by atoms with E-state index in [9.17, 15) is 23.1 Å². The highest BCUT2D eigenvalue weighted by Crippen LogP contribution is 2.28. The lowest BCUT2D eigenvalue weighted by atomic mass is 10.1. The van der Waals surface area contributed by atoms with Crippen molar-refractivity contribution in [2.75, 3.05) is 30.4 Å². The third-order valence-electron chi connectivity index (χ3n) is 6.32. The molecule has 1 saturated heterocycles. The Morgan fingerprint density at radius 1 is 1.15 bits per heavy atom. The van der Waals surface area contributed by atoms with Crippen LogP contribution in [0.4, 0.5) is 16.0 Å². The maximum absolute atomic E-state index is 15.2. The second-order valence-electron chi connectivity index (χ2n) is 8.99. The number of anilines is 2. The van der Waals surface area contributed by atoms with Gasteiger partial charge in [-0.2, -0.15) is 4.72 Å². The molecule has 14 heteroatoms. The third kappa shape index (κ3) is 7.01. The van der Waals surface area contributed by atoms with Gasteiger partial charge in [0, 0.05) is 31.0 Å². The number of rotatable bonds is 11. The van der Waals surface area contributed by atoms with E-state index < -0.39 is 40.3 Å². The van der Waals surface area contributed by atoms with E-state index >= 15 is 4.39 Å². The quantitative estimate of drug-likeness (QED) is 0.268. The van der Waals surface area contributed by atoms with Gasteiger partial charge in [0.05, 0.1) is 17.7 Å². The third-order valence-corrected chi connectivity index (χ3v) is 7.80. The average molecular weight is 573 g/mol. The summed E-state index contributed by atoms with van der Waals surface area (Å²) >= 11 is 0. The van der Waals surface area contributed by atoms with Gasteiger partial charge in [-0.05, 0) is 67.8 Å². The molecule has 40 heavy (non-hydrogen) atoms. The van der Waals surface area contributed by atoms with E-state index in [1.54, 1.807) is 18.5 Å². The number of carbonyl (C=O) groups is 2. The highest BCUT2D eigenvalue weighted by atomic mass is 32.2. The zero-order chi connectivity index (χ0) is 28.7. The number of benzene rings is 2. The minimum absolute atomic E-state index is 0.0451. The fourth-order valence-corrected chi connectivity index (χ4v) is 5.45. The molecule has 0 aliphatic carbocycles. The summed E-state index contributed by atoms with van der Waals surface area (Å²) in [4.78, 5) is 34.5. The van der Waals surface area contributed by atoms with Gasteiger partial charge in [-0.3, -0.25) is 9.59 Å². The van der Waals surface area contributed by atoms with Crippen LogP contribution in [0.15, 0.2) is 65.8 Å². The molecule has 4 N–H and O–H groups in total. The van der Waals surface area contributed by atoms with Crippen molar-refractivity contribution in [3.63, 3.8) is 0 Å². The fraction of sp³-hybridized carbons (Fsp3) is 0.308. The number of carboxylic acids is 1. The number of aromatic nitrogens is 2. The Labute approximate surface area is 230 Å². The van der Waals surface area contributed by atoms with E-state index in [0.717, 1.165) is 25.3 Å². The zero-order valence-electron chi connectivity index (χ0n) is 21.6. The number of methoxy groups -OCH3 is 1. The summed E-state index contributed by atoms with van der Waals surface area (Å²) in [5.74, 6) is -2.04. The van der Waals surface area contributed by atoms with Gasteiger partial charge in [-0.25, -0.2) is 22.8 Å². The van der Waals surface area contributed by atoms with Crippen molar-refractivity contribution in [1.82, 2.24) is 20.0 Å². The van der Waals surface area contributed by atoms with Crippen LogP contribution in [-0.4, -0.2) is 67.8 Å². The summed E-state index contributed by atoms with van der Waals surface area (Å²) < 4.78 is 47.6. The summed E-state index contributed by atoms with van der Waals surface area (Å²) in [6.07, 6.45) is 5.50. The van der Waals surface area contributed by atoms with Crippen LogP contribution in [0.25, 0.3) is 0 Å². The normalized spacial score (nSPS) is 16.1. The first-order valence-corrected chi connectivity index (χ1v) is 13.9. The highest BCUT2D eigenvalue weighted by molar-refractivity contribution is 7.89. The van der Waals surface area contributed by atoms with Gasteiger partial charge in [0.15, 0.2) is 0 Å². The standard InChI is InChI=1S/C26H29FN6O6S/c1-39-18-7-9-19(10-8-18)40(37,38)32-21(25(35)36)16-30-24(34)17-6-11-22(20(27)15-17)33-14-3-2-5-23(33)31-26-28-12-4-13-29-26/h4,6-13,15,21,23,32H,2-3,5,14,16H2,1H3,(H,30,34)(H,35,36)(H,28,29,31)/t21-,23?/m0/s1. The Morgan fingerprint density at radius 3 is 2.52 bits per heavy atom. The Bertz CT molecular complexity index is 1440. The highest BCUT2D eigenvalue weighted by Gasteiger charge is 2.28. The van der Waals surface area contributed by atoms with E-state index in [1.807, 2.05) is 4.90 Å². The molecule has 2 heterocycles. The predicted molar refractivity (Wildman–Crippen MR) is 144 cm³/mol. The number of nitrogens with zero attached hydrogens (tertiary/aromatic N) is 3. The molecule has 1 aliphatic heterocycles. The molecule has 0 spiro atoms. The maximum Gasteiger partial charge on any atom is 0.323 e. The molecule has 1 aliphatic rings. The number of amides is 1. The second kappa shape index (κ2) is 12.7. The van der Waals surface area contributed by atoms with E-state index in [0.29, 0.717) is 23.9 Å². The van der Waals surface area contributed by atoms with Gasteiger partial charge >= 0.3 is 5.97 Å². The molecule has 12 nitrogen and oxygen atoms in total. The van der Waals surface area contributed by atoms with Crippen LogP contribution in [0.1, 0.15) is 29.6 Å². The van der Waals surface area contributed by atoms with Crippen molar-refractivity contribution in [1.29, 1.82) is 0 Å². The molecule has 2 atom stereocenters. The number of aliphatic carboxylic acids is 1. The molecular formula is C26H29FN6O6S. The van der Waals surface area contributed by atoms with Crippen molar-refractivity contribution in [2.45, 2.75) is 36.4 Å². The van der Waals surface area contributed by atoms with E-state index in [2.05, 4.69) is 25.3 Å². The van der Waals surface area contributed by atoms with Crippen molar-refractivity contribution < 1.29 is 32.2 Å². The van der Waals surface area contributed by atoms with Crippen molar-refractivity contribution >= 4 is 33.5 Å². The average Bonchev–Trinajstić information content (AvgIpc) is 2.96. The number of carbonyl (C=O) groups excluding carboxylic acids is 1. The number of ether oxygens (including phenoxy) is 1. The van der Waals surface area contributed by atoms with Gasteiger partial charge in [-0.1, -0.05) is 0 Å². The number of sulfonamides is 1. The molecule has 1 aromatic heterocycles. The van der Waals surface area contributed by atoms with Gasteiger partial charge < -0.3 is 25.4 Å². The topological polar surface area (TPSA) is 163 Å². The lowest BCUT2D eigenvalue weighted by Gasteiger charge is -2.38.